The lowest BCUT2D eigenvalue weighted by molar-refractivity contribution is -0.114. The van der Waals surface area contributed by atoms with Crippen molar-refractivity contribution in [1.82, 2.24) is 9.58 Å². The van der Waals surface area contributed by atoms with Crippen molar-refractivity contribution in [3.63, 3.8) is 0 Å². The first-order chi connectivity index (χ1) is 15.9. The number of hydrazone groups is 1. The van der Waals surface area contributed by atoms with E-state index >= 15 is 0 Å². The van der Waals surface area contributed by atoms with Gasteiger partial charge < -0.3 is 9.30 Å². The van der Waals surface area contributed by atoms with Crippen molar-refractivity contribution < 1.29 is 9.53 Å². The van der Waals surface area contributed by atoms with Gasteiger partial charge in [-0.25, -0.2) is 0 Å². The van der Waals surface area contributed by atoms with Gasteiger partial charge >= 0.3 is 0 Å². The summed E-state index contributed by atoms with van der Waals surface area (Å²) in [6, 6.07) is 9.96. The van der Waals surface area contributed by atoms with Crippen LogP contribution in [0.15, 0.2) is 46.0 Å². The predicted molar refractivity (Wildman–Crippen MR) is 135 cm³/mol. The minimum Gasteiger partial charge on any atom is -0.494 e. The number of ether oxygens (including phenoxy) is 1. The number of benzene rings is 1. The zero-order chi connectivity index (χ0) is 23.7. The molecule has 0 saturated heterocycles. The molecule has 1 aromatic carbocycles. The van der Waals surface area contributed by atoms with E-state index in [1.165, 1.54) is 16.8 Å². The summed E-state index contributed by atoms with van der Waals surface area (Å²) in [5.74, 6) is 0.819. The second kappa shape index (κ2) is 9.39. The second-order valence-electron chi connectivity index (χ2n) is 8.06. The number of amides is 1. The summed E-state index contributed by atoms with van der Waals surface area (Å²) in [4.78, 5) is 17.1. The number of carbonyl (C=O) groups excluding carboxylic acids is 1. The van der Waals surface area contributed by atoms with Gasteiger partial charge in [0.25, 0.3) is 5.91 Å². The molecule has 0 fully saturated rings. The van der Waals surface area contributed by atoms with E-state index in [1.54, 1.807) is 6.08 Å². The van der Waals surface area contributed by atoms with Crippen LogP contribution in [0.2, 0.25) is 0 Å². The Morgan fingerprint density at radius 2 is 1.85 bits per heavy atom. The summed E-state index contributed by atoms with van der Waals surface area (Å²) in [5, 5.41) is 16.2. The summed E-state index contributed by atoms with van der Waals surface area (Å²) in [7, 11) is 0. The smallest absolute Gasteiger partial charge is 0.283 e. The molecule has 2 aromatic rings. The maximum atomic E-state index is 12.8. The van der Waals surface area contributed by atoms with E-state index in [2.05, 4.69) is 28.5 Å². The van der Waals surface area contributed by atoms with E-state index in [9.17, 15) is 4.79 Å². The number of aromatic nitrogens is 1. The minimum atomic E-state index is -0.398. The Morgan fingerprint density at radius 1 is 1.15 bits per heavy atom. The molecule has 1 amide bonds. The number of rotatable bonds is 7. The molecule has 0 unspecified atom stereocenters. The van der Waals surface area contributed by atoms with Gasteiger partial charge in [0.1, 0.15) is 10.8 Å². The number of thioether (sulfide) groups is 1. The van der Waals surface area contributed by atoms with Crippen LogP contribution in [-0.2, 0) is 4.79 Å². The Kier molecular flexibility index (Phi) is 6.56. The first-order valence-electron chi connectivity index (χ1n) is 11.3. The molecule has 172 valence electrons. The number of hydrogen-bond acceptors (Lipinski definition) is 5. The Hall–Kier alpha value is -3.13. The molecule has 33 heavy (non-hydrogen) atoms. The Balaban J connectivity index is 1.67. The van der Waals surface area contributed by atoms with E-state index in [-0.39, 0.29) is 11.4 Å². The van der Waals surface area contributed by atoms with E-state index in [4.69, 9.17) is 10.1 Å². The maximum absolute atomic E-state index is 12.8. The number of aryl methyl sites for hydroxylation is 1. The predicted octanol–water partition coefficient (Wildman–Crippen LogP) is 5.55. The topological polar surface area (TPSA) is 83.0 Å². The van der Waals surface area contributed by atoms with Crippen LogP contribution in [0.4, 0.5) is 0 Å². The lowest BCUT2D eigenvalue weighted by Crippen LogP contribution is -2.35. The highest BCUT2D eigenvalue weighted by atomic mass is 32.2. The van der Waals surface area contributed by atoms with Crippen LogP contribution in [0.3, 0.4) is 0 Å². The molecule has 3 heterocycles. The largest absolute Gasteiger partial charge is 0.494 e. The van der Waals surface area contributed by atoms with Crippen molar-refractivity contribution in [3.05, 3.63) is 52.9 Å². The SMILES string of the molecule is CCOc1ccc(-n2c(C)cc(C=C3C(=N)N4N=C(C(CC)CC)SC4=NC3=O)c2C)cc1. The van der Waals surface area contributed by atoms with Gasteiger partial charge in [-0.1, -0.05) is 13.8 Å². The van der Waals surface area contributed by atoms with Crippen LogP contribution < -0.4 is 4.74 Å². The molecule has 0 spiro atoms. The molecule has 1 aromatic heterocycles. The van der Waals surface area contributed by atoms with E-state index in [1.807, 2.05) is 51.1 Å². The highest BCUT2D eigenvalue weighted by molar-refractivity contribution is 8.27. The molecule has 0 saturated carbocycles. The summed E-state index contributed by atoms with van der Waals surface area (Å²) >= 11 is 1.40. The fourth-order valence-corrected chi connectivity index (χ4v) is 5.31. The van der Waals surface area contributed by atoms with Gasteiger partial charge in [0, 0.05) is 23.0 Å². The molecule has 0 radical (unpaired) electrons. The van der Waals surface area contributed by atoms with Crippen LogP contribution in [0.5, 0.6) is 5.75 Å². The Labute approximate surface area is 198 Å². The fourth-order valence-electron chi connectivity index (χ4n) is 4.15. The van der Waals surface area contributed by atoms with Crippen LogP contribution in [0, 0.1) is 25.2 Å². The number of aliphatic imine (C=N–C) groups is 1. The fraction of sp³-hybridized carbons (Fsp3) is 0.360. The first-order valence-corrected chi connectivity index (χ1v) is 12.1. The van der Waals surface area contributed by atoms with Crippen molar-refractivity contribution >= 4 is 39.8 Å². The number of carbonyl (C=O) groups is 1. The van der Waals surface area contributed by atoms with Gasteiger partial charge in [-0.05, 0) is 87.3 Å². The molecule has 0 bridgehead atoms. The summed E-state index contributed by atoms with van der Waals surface area (Å²) in [5.41, 5.74) is 4.16. The Bertz CT molecular complexity index is 1190. The Morgan fingerprint density at radius 3 is 2.48 bits per heavy atom. The van der Waals surface area contributed by atoms with Crippen molar-refractivity contribution in [2.45, 2.75) is 47.5 Å². The van der Waals surface area contributed by atoms with Gasteiger partial charge in [-0.15, -0.1) is 0 Å². The molecule has 0 atom stereocenters. The monoisotopic (exact) mass is 463 g/mol. The lowest BCUT2D eigenvalue weighted by Gasteiger charge is -2.20. The van der Waals surface area contributed by atoms with Crippen molar-refractivity contribution in [2.24, 2.45) is 16.0 Å². The third kappa shape index (κ3) is 4.27. The molecular formula is C25H29N5O2S. The third-order valence-electron chi connectivity index (χ3n) is 5.98. The van der Waals surface area contributed by atoms with Crippen molar-refractivity contribution in [1.29, 1.82) is 5.41 Å². The maximum Gasteiger partial charge on any atom is 0.283 e. The summed E-state index contributed by atoms with van der Waals surface area (Å²) < 4.78 is 7.68. The molecule has 4 rings (SSSR count). The molecule has 2 aliphatic rings. The van der Waals surface area contributed by atoms with Crippen molar-refractivity contribution in [2.75, 3.05) is 6.61 Å². The van der Waals surface area contributed by atoms with Gasteiger partial charge in [-0.2, -0.15) is 15.1 Å². The average molecular weight is 464 g/mol. The highest BCUT2D eigenvalue weighted by Gasteiger charge is 2.37. The zero-order valence-corrected chi connectivity index (χ0v) is 20.5. The van der Waals surface area contributed by atoms with Gasteiger partial charge in [-0.3, -0.25) is 10.2 Å². The average Bonchev–Trinajstić information content (AvgIpc) is 3.33. The zero-order valence-electron chi connectivity index (χ0n) is 19.7. The van der Waals surface area contributed by atoms with Crippen LogP contribution in [-0.4, -0.2) is 38.1 Å². The molecule has 2 aliphatic heterocycles. The number of hydrogen-bond donors (Lipinski definition) is 1. The lowest BCUT2D eigenvalue weighted by atomic mass is 10.1. The van der Waals surface area contributed by atoms with Crippen LogP contribution >= 0.6 is 11.8 Å². The molecule has 0 aliphatic carbocycles. The molecule has 8 heteroatoms. The van der Waals surface area contributed by atoms with Crippen molar-refractivity contribution in [3.8, 4) is 11.4 Å². The minimum absolute atomic E-state index is 0.0735. The number of nitrogens with one attached hydrogen (secondary N) is 1. The summed E-state index contributed by atoms with van der Waals surface area (Å²) in [6.45, 7) is 10.9. The third-order valence-corrected chi connectivity index (χ3v) is 7.05. The highest BCUT2D eigenvalue weighted by Crippen LogP contribution is 2.33. The molecule has 7 nitrogen and oxygen atoms in total. The van der Waals surface area contributed by atoms with Crippen LogP contribution in [0.1, 0.15) is 50.6 Å². The van der Waals surface area contributed by atoms with Crippen LogP contribution in [0.25, 0.3) is 11.8 Å². The van der Waals surface area contributed by atoms with E-state index < -0.39 is 5.91 Å². The van der Waals surface area contributed by atoms with Gasteiger partial charge in [0.05, 0.1) is 12.2 Å². The van der Waals surface area contributed by atoms with E-state index in [0.717, 1.165) is 46.3 Å². The molecular weight excluding hydrogens is 434 g/mol. The normalized spacial score (nSPS) is 17.0. The first kappa shape index (κ1) is 23.0. The second-order valence-corrected chi connectivity index (χ2v) is 9.05. The number of amidine groups is 2. The standard InChI is InChI=1S/C25H29N5O2S/c1-6-17(7-2)24-28-30-22(26)21(23(31)27-25(30)33-24)14-18-13-15(4)29(16(18)5)19-9-11-20(12-10-19)32-8-3/h9-14,17,26H,6-8H2,1-5H3. The van der Waals surface area contributed by atoms with E-state index in [0.29, 0.717) is 17.7 Å². The van der Waals surface area contributed by atoms with Gasteiger partial charge in [0.2, 0.25) is 5.17 Å². The quantitative estimate of drug-likeness (QED) is 0.546. The number of nitrogens with zero attached hydrogens (tertiary/aromatic N) is 4. The molecule has 1 N–H and O–H groups in total. The number of fused-ring (bicyclic) bond motifs is 1. The summed E-state index contributed by atoms with van der Waals surface area (Å²) in [6.07, 6.45) is 3.68. The van der Waals surface area contributed by atoms with Gasteiger partial charge in [0.15, 0.2) is 5.84 Å².